The number of rotatable bonds is 12. The zero-order valence-electron chi connectivity index (χ0n) is 26.1. The van der Waals surface area contributed by atoms with E-state index in [-0.39, 0.29) is 24.3 Å². The molecule has 3 atom stereocenters. The number of aliphatic carboxylic acids is 1. The van der Waals surface area contributed by atoms with Crippen molar-refractivity contribution in [3.63, 3.8) is 0 Å². The fourth-order valence-electron chi connectivity index (χ4n) is 6.96. The van der Waals surface area contributed by atoms with Crippen LogP contribution in [0, 0.1) is 5.92 Å². The quantitative estimate of drug-likeness (QED) is 0.378. The molecule has 3 heterocycles. The van der Waals surface area contributed by atoms with Gasteiger partial charge in [-0.3, -0.25) is 19.3 Å². The van der Waals surface area contributed by atoms with Crippen molar-refractivity contribution in [3.8, 4) is 5.75 Å². The minimum absolute atomic E-state index is 0.0410. The number of anilines is 1. The molecule has 0 aliphatic carbocycles. The number of amides is 2. The Bertz CT molecular complexity index is 1340. The van der Waals surface area contributed by atoms with E-state index in [0.717, 1.165) is 64.8 Å². The van der Waals surface area contributed by atoms with Gasteiger partial charge in [0.05, 0.1) is 40.2 Å². The molecule has 0 radical (unpaired) electrons. The van der Waals surface area contributed by atoms with Crippen molar-refractivity contribution in [1.29, 1.82) is 0 Å². The summed E-state index contributed by atoms with van der Waals surface area (Å²) < 4.78 is 6.48. The van der Waals surface area contributed by atoms with Crippen LogP contribution < -0.4 is 9.64 Å². The van der Waals surface area contributed by atoms with Gasteiger partial charge in [-0.2, -0.15) is 0 Å². The number of nitrogens with zero attached hydrogens (tertiary/aromatic N) is 4. The molecule has 0 saturated carbocycles. The number of hydrogen-bond acceptors (Lipinski definition) is 5. The second-order valence-electron chi connectivity index (χ2n) is 13.4. The lowest BCUT2D eigenvalue weighted by Gasteiger charge is -2.32. The summed E-state index contributed by atoms with van der Waals surface area (Å²) in [6.07, 6.45) is 3.91. The first-order valence-corrected chi connectivity index (χ1v) is 15.7. The van der Waals surface area contributed by atoms with Crippen molar-refractivity contribution in [2.45, 2.75) is 57.5 Å². The number of carboxylic acid groups (broad SMARTS) is 1. The summed E-state index contributed by atoms with van der Waals surface area (Å²) in [7, 11) is 6.44. The number of unbranched alkanes of at least 4 members (excludes halogenated alkanes) is 1. The highest BCUT2D eigenvalue weighted by molar-refractivity contribution is 5.95. The molecule has 0 spiro atoms. The van der Waals surface area contributed by atoms with Gasteiger partial charge >= 0.3 is 5.97 Å². The second kappa shape index (κ2) is 13.1. The van der Waals surface area contributed by atoms with Crippen LogP contribution in [0.1, 0.15) is 55.2 Å². The van der Waals surface area contributed by atoms with Crippen molar-refractivity contribution >= 4 is 23.5 Å². The molecule has 3 aliphatic rings. The Hall–Kier alpha value is -3.43. The number of fused-ring (bicyclic) bond motifs is 1. The summed E-state index contributed by atoms with van der Waals surface area (Å²) in [4.78, 5) is 45.4. The first-order valence-electron chi connectivity index (χ1n) is 15.7. The molecule has 2 aromatic carbocycles. The second-order valence-corrected chi connectivity index (χ2v) is 13.4. The molecule has 5 rings (SSSR count). The van der Waals surface area contributed by atoms with Gasteiger partial charge in [0, 0.05) is 62.2 Å². The van der Waals surface area contributed by atoms with Crippen LogP contribution in [0.3, 0.4) is 0 Å². The van der Waals surface area contributed by atoms with Crippen LogP contribution in [-0.4, -0.2) is 104 Å². The van der Waals surface area contributed by atoms with Crippen LogP contribution in [0.5, 0.6) is 5.75 Å². The van der Waals surface area contributed by atoms with Crippen molar-refractivity contribution in [2.75, 3.05) is 65.4 Å². The number of carboxylic acids is 1. The molecule has 2 amide bonds. The lowest BCUT2D eigenvalue weighted by atomic mass is 9.84. The number of ether oxygens (including phenoxy) is 1. The highest BCUT2D eigenvalue weighted by Gasteiger charge is 2.48. The average Bonchev–Trinajstić information content (AvgIpc) is 3.67. The summed E-state index contributed by atoms with van der Waals surface area (Å²) in [5, 5.41) is 10.6. The van der Waals surface area contributed by atoms with Gasteiger partial charge in [-0.15, -0.1) is 0 Å². The van der Waals surface area contributed by atoms with Gasteiger partial charge in [-0.05, 0) is 42.2 Å². The number of benzene rings is 2. The molecular weight excluding hydrogens is 544 g/mol. The third-order valence-corrected chi connectivity index (χ3v) is 9.01. The van der Waals surface area contributed by atoms with Crippen LogP contribution in [0.4, 0.5) is 5.69 Å². The first-order chi connectivity index (χ1) is 20.5. The molecule has 0 aromatic heterocycles. The molecule has 2 fully saturated rings. The monoisotopic (exact) mass is 591 g/mol. The number of likely N-dealkylation sites (tertiary alicyclic amines) is 2. The minimum atomic E-state index is -0.885. The zero-order valence-corrected chi connectivity index (χ0v) is 26.1. The molecule has 2 saturated heterocycles. The maximum absolute atomic E-state index is 14.2. The predicted molar refractivity (Wildman–Crippen MR) is 166 cm³/mol. The van der Waals surface area contributed by atoms with E-state index in [9.17, 15) is 19.5 Å². The van der Waals surface area contributed by atoms with Crippen LogP contribution in [-0.2, 0) is 27.3 Å². The van der Waals surface area contributed by atoms with Gasteiger partial charge in [0.25, 0.3) is 0 Å². The van der Waals surface area contributed by atoms with E-state index in [4.69, 9.17) is 4.74 Å². The fourth-order valence-corrected chi connectivity index (χ4v) is 6.96. The number of quaternary nitrogens is 1. The lowest BCUT2D eigenvalue weighted by molar-refractivity contribution is -0.884. The van der Waals surface area contributed by atoms with Gasteiger partial charge in [0.15, 0.2) is 0 Å². The van der Waals surface area contributed by atoms with Gasteiger partial charge in [0.1, 0.15) is 12.3 Å². The van der Waals surface area contributed by atoms with Crippen molar-refractivity contribution < 1.29 is 28.7 Å². The van der Waals surface area contributed by atoms with Crippen LogP contribution in [0.15, 0.2) is 42.5 Å². The van der Waals surface area contributed by atoms with Crippen LogP contribution in [0.25, 0.3) is 0 Å². The zero-order chi connectivity index (χ0) is 30.7. The number of carbonyl (C=O) groups is 3. The summed E-state index contributed by atoms with van der Waals surface area (Å²) in [5.41, 5.74) is 4.10. The van der Waals surface area contributed by atoms with Gasteiger partial charge < -0.3 is 24.1 Å². The van der Waals surface area contributed by atoms with E-state index in [2.05, 4.69) is 46.3 Å². The van der Waals surface area contributed by atoms with E-state index >= 15 is 0 Å². The van der Waals surface area contributed by atoms with Crippen molar-refractivity contribution in [3.05, 3.63) is 59.2 Å². The molecule has 232 valence electrons. The summed E-state index contributed by atoms with van der Waals surface area (Å²) in [6.45, 7) is 5.69. The molecule has 3 unspecified atom stereocenters. The topological polar surface area (TPSA) is 90.4 Å². The Morgan fingerprint density at radius 2 is 1.93 bits per heavy atom. The summed E-state index contributed by atoms with van der Waals surface area (Å²) in [5.74, 6) is -1.04. The first kappa shape index (κ1) is 31.0. The Labute approximate surface area is 255 Å². The van der Waals surface area contributed by atoms with E-state index in [1.54, 1.807) is 4.90 Å². The van der Waals surface area contributed by atoms with Gasteiger partial charge in [0.2, 0.25) is 11.8 Å². The maximum Gasteiger partial charge on any atom is 0.308 e. The van der Waals surface area contributed by atoms with Crippen LogP contribution >= 0.6 is 0 Å². The average molecular weight is 592 g/mol. The van der Waals surface area contributed by atoms with Crippen molar-refractivity contribution in [2.24, 2.45) is 5.92 Å². The smallest absolute Gasteiger partial charge is 0.308 e. The van der Waals surface area contributed by atoms with Crippen molar-refractivity contribution in [1.82, 2.24) is 9.80 Å². The van der Waals surface area contributed by atoms with E-state index in [1.165, 1.54) is 0 Å². The Balaban J connectivity index is 1.44. The summed E-state index contributed by atoms with van der Waals surface area (Å²) in [6, 6.07) is 13.7. The Morgan fingerprint density at radius 3 is 2.63 bits per heavy atom. The van der Waals surface area contributed by atoms with E-state index < -0.39 is 17.9 Å². The number of hydrogen-bond donors (Lipinski definition) is 1. The van der Waals surface area contributed by atoms with E-state index in [1.807, 2.05) is 34.1 Å². The normalized spacial score (nSPS) is 22.1. The minimum Gasteiger partial charge on any atom is -0.493 e. The van der Waals surface area contributed by atoms with Gasteiger partial charge in [-0.1, -0.05) is 37.6 Å². The highest BCUT2D eigenvalue weighted by Crippen LogP contribution is 2.40. The van der Waals surface area contributed by atoms with Gasteiger partial charge in [-0.25, -0.2) is 0 Å². The molecule has 9 nitrogen and oxygen atoms in total. The molecule has 1 N–H and O–H groups in total. The third kappa shape index (κ3) is 7.21. The molecule has 3 aliphatic heterocycles. The third-order valence-electron chi connectivity index (χ3n) is 9.01. The predicted octanol–water partition coefficient (Wildman–Crippen LogP) is 3.75. The van der Waals surface area contributed by atoms with Crippen LogP contribution in [0.2, 0.25) is 0 Å². The summed E-state index contributed by atoms with van der Waals surface area (Å²) >= 11 is 0. The Morgan fingerprint density at radius 1 is 1.12 bits per heavy atom. The molecule has 43 heavy (non-hydrogen) atoms. The SMILES string of the molecule is CCCCN(C(=O)CN1CC(c2ccc3c(c2)CCO3)C(C(=O)O)C1CN1CCCC1=O)c1cccc(C[N+](C)(C)C)c1. The molecule has 2 aromatic rings. The lowest BCUT2D eigenvalue weighted by Crippen LogP contribution is -2.49. The maximum atomic E-state index is 14.2. The molecular formula is C34H47N4O5+. The fraction of sp³-hybridized carbons (Fsp3) is 0.559. The molecule has 9 heteroatoms. The Kier molecular flexibility index (Phi) is 9.42. The van der Waals surface area contributed by atoms with E-state index in [0.29, 0.717) is 39.2 Å². The molecule has 0 bridgehead atoms. The largest absolute Gasteiger partial charge is 0.493 e. The highest BCUT2D eigenvalue weighted by atomic mass is 16.5. The standard InChI is InChI=1S/C34H46N4O5/c1-5-6-16-37(27-10-7-9-24(18-27)23-38(2,3)4)32(40)22-36-20-28(25-12-13-30-26(19-25)14-17-43-30)33(34(41)42)29(36)21-35-15-8-11-31(35)39/h7,9-10,12-13,18-19,28-29,33H,5-6,8,11,14-17,20-23H2,1-4H3/p+1. The number of carbonyl (C=O) groups excluding carboxylic acids is 2.